The zero-order chi connectivity index (χ0) is 17.2. The molecule has 3 unspecified atom stereocenters. The average molecular weight is 338 g/mol. The Bertz CT molecular complexity index is 744. The first-order valence-corrected chi connectivity index (χ1v) is 8.82. The van der Waals surface area contributed by atoms with Crippen molar-refractivity contribution >= 4 is 11.8 Å². The lowest BCUT2D eigenvalue weighted by molar-refractivity contribution is -0.133. The van der Waals surface area contributed by atoms with E-state index in [4.69, 9.17) is 0 Å². The van der Waals surface area contributed by atoms with Gasteiger partial charge in [-0.2, -0.15) is 0 Å². The lowest BCUT2D eigenvalue weighted by atomic mass is 9.89. The van der Waals surface area contributed by atoms with Crippen molar-refractivity contribution in [3.05, 3.63) is 54.6 Å². The summed E-state index contributed by atoms with van der Waals surface area (Å²) in [5.74, 6) is 0.430. The number of carbonyl (C=O) groups excluding carboxylic acids is 2. The number of aromatic nitrogens is 2. The largest absolute Gasteiger partial charge is 0.352 e. The standard InChI is InChI=1S/C19H22N4O2/c24-18(13-22-8-1-2-9-22)23-16-5-6-17(23)15(10-16)12-21-19(25)14-4-3-7-20-11-14/h1-4,7-9,11,15-17H,5-6,10,12-13H2,(H,21,25). The normalized spacial score (nSPS) is 24.5. The molecule has 0 spiro atoms. The quantitative estimate of drug-likeness (QED) is 0.902. The van der Waals surface area contributed by atoms with Crippen LogP contribution in [-0.2, 0) is 11.3 Å². The summed E-state index contributed by atoms with van der Waals surface area (Å²) in [5.41, 5.74) is 0.575. The van der Waals surface area contributed by atoms with Crippen LogP contribution < -0.4 is 5.32 Å². The fourth-order valence-electron chi connectivity index (χ4n) is 4.26. The molecule has 2 aromatic heterocycles. The van der Waals surface area contributed by atoms with Gasteiger partial charge in [0, 0.05) is 43.4 Å². The number of fused-ring (bicyclic) bond motifs is 2. The number of nitrogens with zero attached hydrogens (tertiary/aromatic N) is 3. The zero-order valence-electron chi connectivity index (χ0n) is 14.0. The number of carbonyl (C=O) groups is 2. The van der Waals surface area contributed by atoms with Gasteiger partial charge in [0.05, 0.1) is 5.56 Å². The fraction of sp³-hybridized carbons (Fsp3) is 0.421. The number of pyridine rings is 1. The number of hydrogen-bond donors (Lipinski definition) is 1. The van der Waals surface area contributed by atoms with Crippen LogP contribution in [0.15, 0.2) is 49.1 Å². The van der Waals surface area contributed by atoms with Gasteiger partial charge in [0.1, 0.15) is 6.54 Å². The molecule has 4 rings (SSSR count). The van der Waals surface area contributed by atoms with Gasteiger partial charge in [0.2, 0.25) is 5.91 Å². The van der Waals surface area contributed by atoms with Crippen molar-refractivity contribution in [2.45, 2.75) is 37.9 Å². The van der Waals surface area contributed by atoms with Gasteiger partial charge in [-0.1, -0.05) is 0 Å². The van der Waals surface area contributed by atoms with E-state index >= 15 is 0 Å². The second kappa shape index (κ2) is 6.70. The molecule has 2 aliphatic rings. The predicted octanol–water partition coefficient (Wildman–Crippen LogP) is 1.69. The van der Waals surface area contributed by atoms with E-state index in [-0.39, 0.29) is 17.9 Å². The van der Waals surface area contributed by atoms with E-state index in [1.165, 1.54) is 0 Å². The topological polar surface area (TPSA) is 67.2 Å². The van der Waals surface area contributed by atoms with Crippen molar-refractivity contribution in [3.8, 4) is 0 Å². The van der Waals surface area contributed by atoms with Crippen LogP contribution in [0.25, 0.3) is 0 Å². The Morgan fingerprint density at radius 2 is 2.04 bits per heavy atom. The molecule has 130 valence electrons. The lowest BCUT2D eigenvalue weighted by Crippen LogP contribution is -2.40. The monoisotopic (exact) mass is 338 g/mol. The summed E-state index contributed by atoms with van der Waals surface area (Å²) in [7, 11) is 0. The molecule has 3 atom stereocenters. The molecule has 6 nitrogen and oxygen atoms in total. The molecule has 2 fully saturated rings. The van der Waals surface area contributed by atoms with Crippen LogP contribution in [0.5, 0.6) is 0 Å². The number of amides is 2. The second-order valence-electron chi connectivity index (χ2n) is 6.90. The van der Waals surface area contributed by atoms with E-state index in [0.29, 0.717) is 30.6 Å². The van der Waals surface area contributed by atoms with Crippen LogP contribution in [0.2, 0.25) is 0 Å². The van der Waals surface area contributed by atoms with Crippen molar-refractivity contribution < 1.29 is 9.59 Å². The summed E-state index contributed by atoms with van der Waals surface area (Å²) in [6.07, 6.45) is 10.2. The first-order valence-electron chi connectivity index (χ1n) is 8.82. The average Bonchev–Trinajstić information content (AvgIpc) is 3.36. The summed E-state index contributed by atoms with van der Waals surface area (Å²) >= 11 is 0. The number of rotatable bonds is 5. The highest BCUT2D eigenvalue weighted by atomic mass is 16.2. The summed E-state index contributed by atoms with van der Waals surface area (Å²) in [5, 5.41) is 3.01. The van der Waals surface area contributed by atoms with E-state index in [0.717, 1.165) is 19.3 Å². The maximum absolute atomic E-state index is 12.7. The van der Waals surface area contributed by atoms with Crippen LogP contribution in [0, 0.1) is 5.92 Å². The molecule has 2 saturated heterocycles. The second-order valence-corrected chi connectivity index (χ2v) is 6.90. The highest BCUT2D eigenvalue weighted by molar-refractivity contribution is 5.93. The molecule has 0 saturated carbocycles. The van der Waals surface area contributed by atoms with Crippen LogP contribution in [-0.4, -0.2) is 44.9 Å². The fourth-order valence-corrected chi connectivity index (χ4v) is 4.26. The third-order valence-corrected chi connectivity index (χ3v) is 5.39. The van der Waals surface area contributed by atoms with Gasteiger partial charge in [-0.15, -0.1) is 0 Å². The SMILES string of the molecule is O=C(NCC1CC2CCC1N2C(=O)Cn1cccc1)c1cccnc1. The van der Waals surface area contributed by atoms with Crippen molar-refractivity contribution in [1.82, 2.24) is 19.8 Å². The summed E-state index contributed by atoms with van der Waals surface area (Å²) in [4.78, 5) is 30.9. The summed E-state index contributed by atoms with van der Waals surface area (Å²) < 4.78 is 1.92. The Labute approximate surface area is 146 Å². The van der Waals surface area contributed by atoms with E-state index in [1.807, 2.05) is 29.1 Å². The van der Waals surface area contributed by atoms with E-state index in [2.05, 4.69) is 15.2 Å². The molecule has 2 amide bonds. The van der Waals surface area contributed by atoms with Crippen molar-refractivity contribution in [2.75, 3.05) is 6.54 Å². The molecule has 25 heavy (non-hydrogen) atoms. The number of nitrogens with one attached hydrogen (secondary N) is 1. The molecule has 2 aliphatic heterocycles. The molecular weight excluding hydrogens is 316 g/mol. The van der Waals surface area contributed by atoms with E-state index < -0.39 is 0 Å². The molecule has 0 aromatic carbocycles. The highest BCUT2D eigenvalue weighted by Crippen LogP contribution is 2.41. The minimum atomic E-state index is -0.0962. The summed E-state index contributed by atoms with van der Waals surface area (Å²) in [6, 6.07) is 7.96. The van der Waals surface area contributed by atoms with Gasteiger partial charge < -0.3 is 14.8 Å². The Morgan fingerprint density at radius 1 is 1.20 bits per heavy atom. The van der Waals surface area contributed by atoms with E-state index in [1.54, 1.807) is 24.5 Å². The van der Waals surface area contributed by atoms with Gasteiger partial charge in [0.15, 0.2) is 0 Å². The lowest BCUT2D eigenvalue weighted by Gasteiger charge is -2.25. The Morgan fingerprint density at radius 3 is 2.80 bits per heavy atom. The Kier molecular flexibility index (Phi) is 4.26. The molecule has 6 heteroatoms. The molecule has 0 aliphatic carbocycles. The van der Waals surface area contributed by atoms with Gasteiger partial charge in [-0.25, -0.2) is 0 Å². The molecule has 2 aromatic rings. The van der Waals surface area contributed by atoms with Crippen LogP contribution >= 0.6 is 0 Å². The molecule has 1 N–H and O–H groups in total. The smallest absolute Gasteiger partial charge is 0.252 e. The third kappa shape index (κ3) is 3.16. The van der Waals surface area contributed by atoms with Crippen LogP contribution in [0.3, 0.4) is 0 Å². The molecule has 0 radical (unpaired) electrons. The van der Waals surface area contributed by atoms with Gasteiger partial charge >= 0.3 is 0 Å². The Balaban J connectivity index is 1.35. The third-order valence-electron chi connectivity index (χ3n) is 5.39. The van der Waals surface area contributed by atoms with E-state index in [9.17, 15) is 9.59 Å². The maximum atomic E-state index is 12.7. The maximum Gasteiger partial charge on any atom is 0.252 e. The highest BCUT2D eigenvalue weighted by Gasteiger charge is 2.48. The van der Waals surface area contributed by atoms with Crippen molar-refractivity contribution in [3.63, 3.8) is 0 Å². The van der Waals surface area contributed by atoms with Gasteiger partial charge in [-0.05, 0) is 49.4 Å². The minimum absolute atomic E-state index is 0.0962. The zero-order valence-corrected chi connectivity index (χ0v) is 14.0. The van der Waals surface area contributed by atoms with Crippen LogP contribution in [0.1, 0.15) is 29.6 Å². The number of hydrogen-bond acceptors (Lipinski definition) is 3. The van der Waals surface area contributed by atoms with Crippen molar-refractivity contribution in [1.29, 1.82) is 0 Å². The van der Waals surface area contributed by atoms with Crippen LogP contribution in [0.4, 0.5) is 0 Å². The van der Waals surface area contributed by atoms with Gasteiger partial charge in [-0.3, -0.25) is 14.6 Å². The first kappa shape index (κ1) is 15.9. The van der Waals surface area contributed by atoms with Crippen molar-refractivity contribution in [2.24, 2.45) is 5.92 Å². The molecular formula is C19H22N4O2. The minimum Gasteiger partial charge on any atom is -0.352 e. The molecule has 4 heterocycles. The predicted molar refractivity (Wildman–Crippen MR) is 92.8 cm³/mol. The first-order chi connectivity index (χ1) is 12.2. The molecule has 2 bridgehead atoms. The Hall–Kier alpha value is -2.63. The summed E-state index contributed by atoms with van der Waals surface area (Å²) in [6.45, 7) is 1.01. The van der Waals surface area contributed by atoms with Gasteiger partial charge in [0.25, 0.3) is 5.91 Å².